The third-order valence-corrected chi connectivity index (χ3v) is 2.73. The monoisotopic (exact) mass is 198 g/mol. The Morgan fingerprint density at radius 3 is 2.46 bits per heavy atom. The molecule has 1 atom stereocenters. The standard InChI is InChI=1S/C10H15ClN2/c1-7(10(2,3)4)9-8(11)5-6-12-13-9/h5-7H,1-4H3. The van der Waals surface area contributed by atoms with Gasteiger partial charge in [0.2, 0.25) is 0 Å². The maximum Gasteiger partial charge on any atom is 0.0850 e. The van der Waals surface area contributed by atoms with Gasteiger partial charge in [-0.05, 0) is 11.5 Å². The van der Waals surface area contributed by atoms with E-state index < -0.39 is 0 Å². The molecule has 0 saturated carbocycles. The molecule has 0 N–H and O–H groups in total. The van der Waals surface area contributed by atoms with Crippen LogP contribution in [-0.2, 0) is 0 Å². The Morgan fingerprint density at radius 2 is 2.00 bits per heavy atom. The van der Waals surface area contributed by atoms with E-state index in [0.717, 1.165) is 5.69 Å². The lowest BCUT2D eigenvalue weighted by molar-refractivity contribution is 0.332. The van der Waals surface area contributed by atoms with Gasteiger partial charge in [-0.15, -0.1) is 0 Å². The van der Waals surface area contributed by atoms with Crippen molar-refractivity contribution in [2.45, 2.75) is 33.6 Å². The Balaban J connectivity index is 3.02. The van der Waals surface area contributed by atoms with E-state index in [1.807, 2.05) is 0 Å². The van der Waals surface area contributed by atoms with Crippen LogP contribution < -0.4 is 0 Å². The second-order valence-electron chi connectivity index (χ2n) is 4.35. The molecule has 0 fully saturated rings. The highest BCUT2D eigenvalue weighted by Gasteiger charge is 2.24. The van der Waals surface area contributed by atoms with E-state index in [-0.39, 0.29) is 5.41 Å². The van der Waals surface area contributed by atoms with E-state index in [0.29, 0.717) is 10.9 Å². The molecule has 0 radical (unpaired) electrons. The van der Waals surface area contributed by atoms with Gasteiger partial charge in [0.15, 0.2) is 0 Å². The van der Waals surface area contributed by atoms with Gasteiger partial charge in [0.05, 0.1) is 16.9 Å². The third-order valence-electron chi connectivity index (χ3n) is 2.41. The molecule has 0 spiro atoms. The average Bonchev–Trinajstić information content (AvgIpc) is 2.02. The molecule has 0 saturated heterocycles. The number of aromatic nitrogens is 2. The van der Waals surface area contributed by atoms with Crippen molar-refractivity contribution in [3.63, 3.8) is 0 Å². The second kappa shape index (κ2) is 3.62. The second-order valence-corrected chi connectivity index (χ2v) is 4.76. The van der Waals surface area contributed by atoms with E-state index in [1.54, 1.807) is 12.3 Å². The van der Waals surface area contributed by atoms with Gasteiger partial charge in [-0.25, -0.2) is 0 Å². The summed E-state index contributed by atoms with van der Waals surface area (Å²) >= 11 is 6.02. The molecule has 1 heterocycles. The van der Waals surface area contributed by atoms with Crippen molar-refractivity contribution in [2.75, 3.05) is 0 Å². The fourth-order valence-electron chi connectivity index (χ4n) is 1.03. The molecule has 13 heavy (non-hydrogen) atoms. The zero-order valence-electron chi connectivity index (χ0n) is 8.50. The van der Waals surface area contributed by atoms with Crippen LogP contribution in [0.4, 0.5) is 0 Å². The topological polar surface area (TPSA) is 25.8 Å². The molecule has 3 heteroatoms. The predicted molar refractivity (Wildman–Crippen MR) is 54.9 cm³/mol. The SMILES string of the molecule is CC(c1nnccc1Cl)C(C)(C)C. The molecule has 0 aromatic carbocycles. The van der Waals surface area contributed by atoms with Crippen LogP contribution in [0.15, 0.2) is 12.3 Å². The zero-order chi connectivity index (χ0) is 10.1. The highest BCUT2D eigenvalue weighted by molar-refractivity contribution is 6.31. The van der Waals surface area contributed by atoms with Crippen LogP contribution in [0.5, 0.6) is 0 Å². The van der Waals surface area contributed by atoms with Crippen molar-refractivity contribution in [2.24, 2.45) is 5.41 Å². The Bertz CT molecular complexity index is 291. The summed E-state index contributed by atoms with van der Waals surface area (Å²) in [6, 6.07) is 1.78. The van der Waals surface area contributed by atoms with Crippen LogP contribution in [0.3, 0.4) is 0 Å². The molecule has 1 rings (SSSR count). The predicted octanol–water partition coefficient (Wildman–Crippen LogP) is 3.28. The highest BCUT2D eigenvalue weighted by Crippen LogP contribution is 2.35. The van der Waals surface area contributed by atoms with Gasteiger partial charge in [-0.1, -0.05) is 39.3 Å². The quantitative estimate of drug-likeness (QED) is 0.692. The minimum absolute atomic E-state index is 0.166. The lowest BCUT2D eigenvalue weighted by Gasteiger charge is -2.26. The Labute approximate surface area is 84.3 Å². The molecule has 0 amide bonds. The van der Waals surface area contributed by atoms with Gasteiger partial charge in [-0.2, -0.15) is 10.2 Å². The lowest BCUT2D eigenvalue weighted by Crippen LogP contribution is -2.17. The smallest absolute Gasteiger partial charge is 0.0850 e. The first-order chi connectivity index (χ1) is 5.93. The summed E-state index contributed by atoms with van der Waals surface area (Å²) in [5, 5.41) is 8.61. The Kier molecular flexibility index (Phi) is 2.91. The van der Waals surface area contributed by atoms with Crippen LogP contribution in [-0.4, -0.2) is 10.2 Å². The van der Waals surface area contributed by atoms with E-state index >= 15 is 0 Å². The van der Waals surface area contributed by atoms with Gasteiger partial charge in [0.25, 0.3) is 0 Å². The molecule has 0 aliphatic carbocycles. The van der Waals surface area contributed by atoms with Crippen LogP contribution in [0, 0.1) is 5.41 Å². The van der Waals surface area contributed by atoms with E-state index in [1.165, 1.54) is 0 Å². The molecule has 1 aromatic heterocycles. The van der Waals surface area contributed by atoms with Gasteiger partial charge in [0.1, 0.15) is 0 Å². The molecule has 1 unspecified atom stereocenters. The normalized spacial score (nSPS) is 14.2. The Hall–Kier alpha value is -0.630. The molecule has 2 nitrogen and oxygen atoms in total. The fourth-order valence-corrected chi connectivity index (χ4v) is 1.29. The number of hydrogen-bond acceptors (Lipinski definition) is 2. The van der Waals surface area contributed by atoms with Crippen LogP contribution >= 0.6 is 11.6 Å². The lowest BCUT2D eigenvalue weighted by atomic mass is 9.80. The Morgan fingerprint density at radius 1 is 1.38 bits per heavy atom. The maximum atomic E-state index is 6.02. The number of halogens is 1. The third kappa shape index (κ3) is 2.41. The first-order valence-corrected chi connectivity index (χ1v) is 4.78. The van der Waals surface area contributed by atoms with Crippen molar-refractivity contribution in [3.8, 4) is 0 Å². The van der Waals surface area contributed by atoms with Crippen molar-refractivity contribution < 1.29 is 0 Å². The van der Waals surface area contributed by atoms with Gasteiger partial charge in [0, 0.05) is 5.92 Å². The van der Waals surface area contributed by atoms with E-state index in [4.69, 9.17) is 11.6 Å². The minimum Gasteiger partial charge on any atom is -0.159 e. The summed E-state index contributed by atoms with van der Waals surface area (Å²) in [5.74, 6) is 0.314. The highest BCUT2D eigenvalue weighted by atomic mass is 35.5. The summed E-state index contributed by atoms with van der Waals surface area (Å²) in [4.78, 5) is 0. The fraction of sp³-hybridized carbons (Fsp3) is 0.600. The van der Waals surface area contributed by atoms with Crippen LogP contribution in [0.25, 0.3) is 0 Å². The van der Waals surface area contributed by atoms with E-state index in [9.17, 15) is 0 Å². The molecule has 72 valence electrons. The number of rotatable bonds is 1. The van der Waals surface area contributed by atoms with Crippen molar-refractivity contribution in [3.05, 3.63) is 23.0 Å². The number of hydrogen-bond donors (Lipinski definition) is 0. The first kappa shape index (κ1) is 10.5. The van der Waals surface area contributed by atoms with Crippen molar-refractivity contribution in [1.29, 1.82) is 0 Å². The molecule has 0 aliphatic heterocycles. The van der Waals surface area contributed by atoms with Gasteiger partial charge >= 0.3 is 0 Å². The summed E-state index contributed by atoms with van der Waals surface area (Å²) in [7, 11) is 0. The van der Waals surface area contributed by atoms with Gasteiger partial charge in [-0.3, -0.25) is 0 Å². The molecular formula is C10H15ClN2. The zero-order valence-corrected chi connectivity index (χ0v) is 9.26. The average molecular weight is 199 g/mol. The number of nitrogens with zero attached hydrogens (tertiary/aromatic N) is 2. The minimum atomic E-state index is 0.166. The summed E-state index contributed by atoms with van der Waals surface area (Å²) in [5.41, 5.74) is 1.05. The van der Waals surface area contributed by atoms with Crippen LogP contribution in [0.2, 0.25) is 5.02 Å². The molecule has 0 aliphatic rings. The molecular weight excluding hydrogens is 184 g/mol. The summed E-state index contributed by atoms with van der Waals surface area (Å²) in [6.07, 6.45) is 1.61. The van der Waals surface area contributed by atoms with Crippen molar-refractivity contribution >= 4 is 11.6 Å². The molecule has 1 aromatic rings. The molecule has 0 bridgehead atoms. The van der Waals surface area contributed by atoms with E-state index in [2.05, 4.69) is 37.9 Å². The summed E-state index contributed by atoms with van der Waals surface area (Å²) < 4.78 is 0. The van der Waals surface area contributed by atoms with Crippen molar-refractivity contribution in [1.82, 2.24) is 10.2 Å². The first-order valence-electron chi connectivity index (χ1n) is 4.40. The van der Waals surface area contributed by atoms with Crippen LogP contribution in [0.1, 0.15) is 39.3 Å². The largest absolute Gasteiger partial charge is 0.159 e. The maximum absolute atomic E-state index is 6.02. The summed E-state index contributed by atoms with van der Waals surface area (Å²) in [6.45, 7) is 8.63. The van der Waals surface area contributed by atoms with Gasteiger partial charge < -0.3 is 0 Å².